The van der Waals surface area contributed by atoms with E-state index in [9.17, 15) is 9.18 Å². The molecule has 5 nitrogen and oxygen atoms in total. The largest absolute Gasteiger partial charge is 0.396 e. The fourth-order valence-corrected chi connectivity index (χ4v) is 2.32. The van der Waals surface area contributed by atoms with Crippen LogP contribution in [0.4, 0.5) is 15.8 Å². The van der Waals surface area contributed by atoms with E-state index < -0.39 is 5.82 Å². The summed E-state index contributed by atoms with van der Waals surface area (Å²) >= 11 is 0. The molecule has 1 rings (SSSR count). The van der Waals surface area contributed by atoms with E-state index in [-0.39, 0.29) is 23.7 Å². The van der Waals surface area contributed by atoms with Crippen molar-refractivity contribution in [1.82, 2.24) is 4.90 Å². The predicted octanol–water partition coefficient (Wildman–Crippen LogP) is 2.09. The minimum absolute atomic E-state index is 0.0144. The van der Waals surface area contributed by atoms with Crippen LogP contribution in [0.25, 0.3) is 0 Å². The fourth-order valence-electron chi connectivity index (χ4n) is 2.32. The average Bonchev–Trinajstić information content (AvgIpc) is 2.43. The summed E-state index contributed by atoms with van der Waals surface area (Å²) in [6, 6.07) is 3.94. The van der Waals surface area contributed by atoms with Crippen molar-refractivity contribution >= 4 is 17.3 Å². The maximum absolute atomic E-state index is 13.1. The molecule has 2 atom stereocenters. The Bertz CT molecular complexity index is 482. The van der Waals surface area contributed by atoms with Crippen molar-refractivity contribution in [3.05, 3.63) is 24.0 Å². The number of anilines is 2. The van der Waals surface area contributed by atoms with Crippen molar-refractivity contribution in [1.29, 1.82) is 0 Å². The van der Waals surface area contributed by atoms with Crippen molar-refractivity contribution in [2.45, 2.75) is 32.9 Å². The van der Waals surface area contributed by atoms with Crippen molar-refractivity contribution in [2.24, 2.45) is 0 Å². The van der Waals surface area contributed by atoms with Gasteiger partial charge >= 0.3 is 0 Å². The number of nitrogens with zero attached hydrogens (tertiary/aromatic N) is 1. The van der Waals surface area contributed by atoms with Gasteiger partial charge in [0, 0.05) is 18.8 Å². The van der Waals surface area contributed by atoms with Crippen LogP contribution in [0.3, 0.4) is 0 Å². The third-order valence-corrected chi connectivity index (χ3v) is 3.48. The lowest BCUT2D eigenvalue weighted by atomic mass is 10.2. The lowest BCUT2D eigenvalue weighted by Gasteiger charge is -2.32. The highest BCUT2D eigenvalue weighted by atomic mass is 19.1. The molecule has 0 radical (unpaired) electrons. The van der Waals surface area contributed by atoms with E-state index in [0.29, 0.717) is 12.3 Å². The Morgan fingerprint density at radius 1 is 1.48 bits per heavy atom. The molecule has 0 fully saturated rings. The van der Waals surface area contributed by atoms with Crippen LogP contribution in [0.2, 0.25) is 0 Å². The Kier molecular flexibility index (Phi) is 6.58. The average molecular weight is 297 g/mol. The molecule has 1 amide bonds. The van der Waals surface area contributed by atoms with Gasteiger partial charge in [0.25, 0.3) is 0 Å². The summed E-state index contributed by atoms with van der Waals surface area (Å²) in [6.45, 7) is 7.11. The van der Waals surface area contributed by atoms with Gasteiger partial charge in [0.15, 0.2) is 0 Å². The highest BCUT2D eigenvalue weighted by Crippen LogP contribution is 2.17. The number of nitrogens with two attached hydrogens (primary N) is 1. The van der Waals surface area contributed by atoms with Crippen LogP contribution < -0.4 is 11.1 Å². The molecule has 0 aliphatic heterocycles. The molecule has 3 N–H and O–H groups in total. The van der Waals surface area contributed by atoms with Crippen LogP contribution in [0, 0.1) is 5.82 Å². The summed E-state index contributed by atoms with van der Waals surface area (Å²) in [5, 5.41) is 2.75. The molecule has 118 valence electrons. The van der Waals surface area contributed by atoms with Crippen LogP contribution in [-0.4, -0.2) is 43.2 Å². The molecule has 0 aliphatic rings. The first-order valence-electron chi connectivity index (χ1n) is 7.01. The lowest BCUT2D eigenvalue weighted by molar-refractivity contribution is -0.121. The first kappa shape index (κ1) is 17.4. The van der Waals surface area contributed by atoms with Crippen molar-refractivity contribution in [3.63, 3.8) is 0 Å². The smallest absolute Gasteiger partial charge is 0.241 e. The Labute approximate surface area is 125 Å². The number of likely N-dealkylation sites (N-methyl/N-ethyl adjacent to an activating group) is 1. The van der Waals surface area contributed by atoms with Gasteiger partial charge in [-0.2, -0.15) is 0 Å². The zero-order valence-electron chi connectivity index (χ0n) is 13.0. The third-order valence-electron chi connectivity index (χ3n) is 3.48. The highest BCUT2D eigenvalue weighted by Gasteiger charge is 2.24. The Hall–Kier alpha value is -1.66. The van der Waals surface area contributed by atoms with Crippen molar-refractivity contribution < 1.29 is 13.9 Å². The summed E-state index contributed by atoms with van der Waals surface area (Å²) < 4.78 is 18.2. The molecule has 0 bridgehead atoms. The van der Waals surface area contributed by atoms with Crippen LogP contribution in [0.1, 0.15) is 20.8 Å². The molecular weight excluding hydrogens is 273 g/mol. The number of hydrogen-bond donors (Lipinski definition) is 2. The van der Waals surface area contributed by atoms with Crippen LogP contribution in [-0.2, 0) is 9.53 Å². The van der Waals surface area contributed by atoms with Crippen LogP contribution in [0.15, 0.2) is 18.2 Å². The number of nitrogens with one attached hydrogen (secondary N) is 1. The number of halogens is 1. The van der Waals surface area contributed by atoms with Gasteiger partial charge in [-0.3, -0.25) is 9.69 Å². The summed E-state index contributed by atoms with van der Waals surface area (Å²) in [6.07, 6.45) is 0. The SMILES string of the molecule is CCN(C(C)COC)C(C)C(=O)Nc1ccc(F)c(N)c1. The standard InChI is InChI=1S/C15H24FN3O2/c1-5-19(10(2)9-21-4)11(3)15(20)18-12-6-7-13(16)14(17)8-12/h6-8,10-11H,5,9,17H2,1-4H3,(H,18,20). The summed E-state index contributed by atoms with van der Waals surface area (Å²) in [5.74, 6) is -0.657. The molecule has 0 spiro atoms. The number of hydrogen-bond acceptors (Lipinski definition) is 4. The van der Waals surface area contributed by atoms with Crippen molar-refractivity contribution in [2.75, 3.05) is 31.3 Å². The number of ether oxygens (including phenoxy) is 1. The number of amides is 1. The summed E-state index contributed by atoms with van der Waals surface area (Å²) in [5.41, 5.74) is 5.99. The predicted molar refractivity (Wildman–Crippen MR) is 82.6 cm³/mol. The lowest BCUT2D eigenvalue weighted by Crippen LogP contribution is -2.48. The van der Waals surface area contributed by atoms with Gasteiger partial charge in [-0.25, -0.2) is 4.39 Å². The van der Waals surface area contributed by atoms with Crippen molar-refractivity contribution in [3.8, 4) is 0 Å². The van der Waals surface area contributed by atoms with E-state index in [4.69, 9.17) is 10.5 Å². The van der Waals surface area contributed by atoms with Gasteiger partial charge in [0.1, 0.15) is 5.82 Å². The zero-order valence-corrected chi connectivity index (χ0v) is 13.0. The maximum Gasteiger partial charge on any atom is 0.241 e. The highest BCUT2D eigenvalue weighted by molar-refractivity contribution is 5.94. The van der Waals surface area contributed by atoms with Gasteiger partial charge < -0.3 is 15.8 Å². The normalized spacial score (nSPS) is 14.0. The second-order valence-electron chi connectivity index (χ2n) is 5.04. The zero-order chi connectivity index (χ0) is 16.0. The van der Waals surface area contributed by atoms with E-state index in [0.717, 1.165) is 6.54 Å². The number of benzene rings is 1. The minimum Gasteiger partial charge on any atom is -0.396 e. The number of carbonyl (C=O) groups excluding carboxylic acids is 1. The first-order valence-corrected chi connectivity index (χ1v) is 7.01. The van der Waals surface area contributed by atoms with E-state index >= 15 is 0 Å². The first-order chi connectivity index (χ1) is 9.90. The molecule has 0 heterocycles. The van der Waals surface area contributed by atoms with Gasteiger partial charge in [-0.1, -0.05) is 6.92 Å². The second-order valence-corrected chi connectivity index (χ2v) is 5.04. The van der Waals surface area contributed by atoms with E-state index in [1.165, 1.54) is 18.2 Å². The molecule has 0 saturated heterocycles. The van der Waals surface area contributed by atoms with Crippen LogP contribution >= 0.6 is 0 Å². The molecule has 1 aromatic carbocycles. The maximum atomic E-state index is 13.1. The summed E-state index contributed by atoms with van der Waals surface area (Å²) in [4.78, 5) is 14.3. The molecule has 0 aliphatic carbocycles. The molecule has 6 heteroatoms. The molecular formula is C15H24FN3O2. The van der Waals surface area contributed by atoms with Gasteiger partial charge in [0.05, 0.1) is 18.3 Å². The monoisotopic (exact) mass is 297 g/mol. The number of rotatable bonds is 7. The Balaban J connectivity index is 2.74. The Morgan fingerprint density at radius 3 is 2.67 bits per heavy atom. The van der Waals surface area contributed by atoms with E-state index in [2.05, 4.69) is 5.32 Å². The second kappa shape index (κ2) is 7.95. The van der Waals surface area contributed by atoms with E-state index in [1.807, 2.05) is 25.7 Å². The molecule has 2 unspecified atom stereocenters. The molecule has 1 aromatic rings. The molecule has 0 aromatic heterocycles. The third kappa shape index (κ3) is 4.68. The number of methoxy groups -OCH3 is 1. The topological polar surface area (TPSA) is 67.6 Å². The molecule has 0 saturated carbocycles. The van der Waals surface area contributed by atoms with Gasteiger partial charge in [-0.05, 0) is 38.6 Å². The van der Waals surface area contributed by atoms with Gasteiger partial charge in [0.2, 0.25) is 5.91 Å². The fraction of sp³-hybridized carbons (Fsp3) is 0.533. The summed E-state index contributed by atoms with van der Waals surface area (Å²) in [7, 11) is 1.64. The van der Waals surface area contributed by atoms with Gasteiger partial charge in [-0.15, -0.1) is 0 Å². The number of carbonyl (C=O) groups is 1. The minimum atomic E-state index is -0.495. The van der Waals surface area contributed by atoms with E-state index in [1.54, 1.807) is 7.11 Å². The number of nitrogen functional groups attached to an aromatic ring is 1. The quantitative estimate of drug-likeness (QED) is 0.756. The Morgan fingerprint density at radius 2 is 2.14 bits per heavy atom. The molecule has 21 heavy (non-hydrogen) atoms. The van der Waals surface area contributed by atoms with Crippen LogP contribution in [0.5, 0.6) is 0 Å².